The SMILES string of the molecule is CC1CCC(c2ccc(OC(F)(F)C3CCC(C4CCC(C)CC4)CC3)cc2)CC1.[HH].[HH].[HH]. The van der Waals surface area contributed by atoms with Gasteiger partial charge in [-0.25, -0.2) is 0 Å². The Labute approximate surface area is 186 Å². The average molecular weight is 425 g/mol. The monoisotopic (exact) mass is 424 g/mol. The molecule has 0 bridgehead atoms. The van der Waals surface area contributed by atoms with Crippen LogP contribution in [0.2, 0.25) is 0 Å². The Hall–Kier alpha value is -1.12. The second-order valence-electron chi connectivity index (χ2n) is 10.8. The third-order valence-corrected chi connectivity index (χ3v) is 8.60. The van der Waals surface area contributed by atoms with Gasteiger partial charge in [-0.1, -0.05) is 51.7 Å². The maximum absolute atomic E-state index is 14.9. The molecule has 0 amide bonds. The number of halogens is 2. The van der Waals surface area contributed by atoms with E-state index in [1.54, 1.807) is 12.1 Å². The fourth-order valence-corrected chi connectivity index (χ4v) is 6.33. The summed E-state index contributed by atoms with van der Waals surface area (Å²) in [5.74, 6) is 3.35. The summed E-state index contributed by atoms with van der Waals surface area (Å²) in [6, 6.07) is 7.53. The summed E-state index contributed by atoms with van der Waals surface area (Å²) in [7, 11) is 0. The first-order valence-electron chi connectivity index (χ1n) is 12.6. The topological polar surface area (TPSA) is 9.23 Å². The molecule has 0 heterocycles. The Morgan fingerprint density at radius 1 is 0.700 bits per heavy atom. The lowest BCUT2D eigenvalue weighted by Gasteiger charge is -2.38. The average Bonchev–Trinajstić information content (AvgIpc) is 2.75. The van der Waals surface area contributed by atoms with Crippen LogP contribution in [0.3, 0.4) is 0 Å². The molecule has 4 rings (SSSR count). The van der Waals surface area contributed by atoms with Crippen LogP contribution in [0.1, 0.15) is 107 Å². The van der Waals surface area contributed by atoms with Gasteiger partial charge in [0.1, 0.15) is 5.75 Å². The molecule has 3 saturated carbocycles. The largest absolute Gasteiger partial charge is 0.432 e. The van der Waals surface area contributed by atoms with Crippen molar-refractivity contribution in [1.29, 1.82) is 0 Å². The second-order valence-corrected chi connectivity index (χ2v) is 10.8. The second kappa shape index (κ2) is 9.57. The van der Waals surface area contributed by atoms with Gasteiger partial charge in [0, 0.05) is 4.28 Å². The number of alkyl halides is 2. The molecule has 3 aliphatic carbocycles. The Kier molecular flexibility index (Phi) is 7.05. The molecule has 1 aromatic rings. The van der Waals surface area contributed by atoms with Gasteiger partial charge in [-0.2, -0.15) is 8.78 Å². The van der Waals surface area contributed by atoms with Crippen LogP contribution < -0.4 is 4.74 Å². The van der Waals surface area contributed by atoms with Gasteiger partial charge < -0.3 is 4.74 Å². The predicted molar refractivity (Wildman–Crippen MR) is 125 cm³/mol. The first-order valence-corrected chi connectivity index (χ1v) is 12.6. The van der Waals surface area contributed by atoms with Crippen LogP contribution in [-0.4, -0.2) is 6.11 Å². The van der Waals surface area contributed by atoms with Crippen molar-refractivity contribution in [1.82, 2.24) is 0 Å². The van der Waals surface area contributed by atoms with Gasteiger partial charge in [0.25, 0.3) is 0 Å². The van der Waals surface area contributed by atoms with Crippen LogP contribution in [0.5, 0.6) is 5.75 Å². The molecule has 3 aliphatic rings. The van der Waals surface area contributed by atoms with Gasteiger partial charge in [-0.15, -0.1) is 0 Å². The highest BCUT2D eigenvalue weighted by Crippen LogP contribution is 2.45. The van der Waals surface area contributed by atoms with E-state index in [2.05, 4.69) is 13.8 Å². The first kappa shape index (κ1) is 22.1. The molecule has 0 aliphatic heterocycles. The minimum atomic E-state index is -3.06. The van der Waals surface area contributed by atoms with E-state index in [9.17, 15) is 8.78 Å². The zero-order chi connectivity index (χ0) is 21.1. The van der Waals surface area contributed by atoms with Crippen molar-refractivity contribution < 1.29 is 17.8 Å². The molecule has 0 atom stereocenters. The van der Waals surface area contributed by atoms with Crippen LogP contribution in [-0.2, 0) is 0 Å². The summed E-state index contributed by atoms with van der Waals surface area (Å²) in [4.78, 5) is 0. The van der Waals surface area contributed by atoms with E-state index < -0.39 is 12.0 Å². The quantitative estimate of drug-likeness (QED) is 0.457. The van der Waals surface area contributed by atoms with Crippen LogP contribution in [0.4, 0.5) is 8.78 Å². The summed E-state index contributed by atoms with van der Waals surface area (Å²) in [6.45, 7) is 4.66. The molecule has 0 unspecified atom stereocenters. The molecule has 3 fully saturated rings. The lowest BCUT2D eigenvalue weighted by atomic mass is 9.69. The number of benzene rings is 1. The van der Waals surface area contributed by atoms with E-state index in [1.165, 1.54) is 56.9 Å². The summed E-state index contributed by atoms with van der Waals surface area (Å²) in [5, 5.41) is 0. The van der Waals surface area contributed by atoms with Crippen LogP contribution >= 0.6 is 0 Å². The molecule has 0 spiro atoms. The molecular formula is C27H46F2O. The van der Waals surface area contributed by atoms with E-state index in [1.807, 2.05) is 12.1 Å². The molecule has 0 N–H and O–H groups in total. The maximum atomic E-state index is 14.9. The van der Waals surface area contributed by atoms with Gasteiger partial charge in [0.15, 0.2) is 0 Å². The molecule has 0 radical (unpaired) electrons. The normalized spacial score (nSPS) is 35.7. The lowest BCUT2D eigenvalue weighted by molar-refractivity contribution is -0.224. The Bertz CT molecular complexity index is 660. The number of rotatable bonds is 5. The maximum Gasteiger partial charge on any atom is 0.400 e. The summed E-state index contributed by atoms with van der Waals surface area (Å²) in [6.07, 6.45) is 10.2. The minimum absolute atomic E-state index is 0. The number of ether oxygens (including phenoxy) is 1. The highest BCUT2D eigenvalue weighted by atomic mass is 19.3. The molecule has 1 aromatic carbocycles. The van der Waals surface area contributed by atoms with Crippen molar-refractivity contribution in [3.05, 3.63) is 29.8 Å². The third kappa shape index (κ3) is 5.37. The van der Waals surface area contributed by atoms with Gasteiger partial charge >= 0.3 is 6.11 Å². The van der Waals surface area contributed by atoms with Crippen molar-refractivity contribution in [2.75, 3.05) is 0 Å². The Morgan fingerprint density at radius 2 is 1.17 bits per heavy atom. The first-order chi connectivity index (χ1) is 14.4. The molecular weight excluding hydrogens is 378 g/mol. The zero-order valence-electron chi connectivity index (χ0n) is 18.9. The molecule has 30 heavy (non-hydrogen) atoms. The standard InChI is InChI=1S/C27H40F2O.3H2/c1-19-3-7-21(8-4-19)23-11-15-25(16-12-23)27(28,29)30-26-17-13-24(14-18-26)22-9-5-20(2)6-10-22;;;/h13-14,17-23,25H,3-12,15-16H2,1-2H3;3*1H. The third-order valence-electron chi connectivity index (χ3n) is 8.60. The Morgan fingerprint density at radius 3 is 1.70 bits per heavy atom. The Balaban J connectivity index is 0.00000181. The molecule has 3 heteroatoms. The van der Waals surface area contributed by atoms with E-state index in [-0.39, 0.29) is 4.28 Å². The van der Waals surface area contributed by atoms with Gasteiger partial charge in [0.2, 0.25) is 0 Å². The van der Waals surface area contributed by atoms with Crippen LogP contribution in [0.15, 0.2) is 24.3 Å². The van der Waals surface area contributed by atoms with Crippen molar-refractivity contribution in [2.24, 2.45) is 29.6 Å². The van der Waals surface area contributed by atoms with E-state index in [0.717, 1.165) is 30.6 Å². The van der Waals surface area contributed by atoms with Crippen LogP contribution in [0.25, 0.3) is 0 Å². The smallest absolute Gasteiger partial charge is 0.400 e. The summed E-state index contributed by atoms with van der Waals surface area (Å²) >= 11 is 0. The summed E-state index contributed by atoms with van der Waals surface area (Å²) < 4.78 is 35.0. The highest BCUT2D eigenvalue weighted by Gasteiger charge is 2.45. The fourth-order valence-electron chi connectivity index (χ4n) is 6.33. The van der Waals surface area contributed by atoms with E-state index in [0.29, 0.717) is 30.4 Å². The van der Waals surface area contributed by atoms with Crippen molar-refractivity contribution >= 4 is 0 Å². The minimum Gasteiger partial charge on any atom is -0.432 e. The molecule has 1 nitrogen and oxygen atoms in total. The van der Waals surface area contributed by atoms with Crippen molar-refractivity contribution in [3.63, 3.8) is 0 Å². The number of hydrogen-bond acceptors (Lipinski definition) is 1. The highest BCUT2D eigenvalue weighted by molar-refractivity contribution is 5.30. The van der Waals surface area contributed by atoms with Gasteiger partial charge in [0.05, 0.1) is 5.92 Å². The molecule has 0 saturated heterocycles. The van der Waals surface area contributed by atoms with Crippen LogP contribution in [0, 0.1) is 29.6 Å². The summed E-state index contributed by atoms with van der Waals surface area (Å²) in [5.41, 5.74) is 1.28. The lowest BCUT2D eigenvalue weighted by Crippen LogP contribution is -2.38. The molecule has 174 valence electrons. The molecule has 0 aromatic heterocycles. The number of hydrogen-bond donors (Lipinski definition) is 0. The van der Waals surface area contributed by atoms with Crippen molar-refractivity contribution in [3.8, 4) is 5.75 Å². The van der Waals surface area contributed by atoms with E-state index in [4.69, 9.17) is 4.74 Å². The predicted octanol–water partition coefficient (Wildman–Crippen LogP) is 9.32. The fraction of sp³-hybridized carbons (Fsp3) is 0.778. The van der Waals surface area contributed by atoms with Gasteiger partial charge in [-0.3, -0.25) is 0 Å². The van der Waals surface area contributed by atoms with Gasteiger partial charge in [-0.05, 0) is 98.7 Å². The van der Waals surface area contributed by atoms with E-state index >= 15 is 0 Å². The zero-order valence-corrected chi connectivity index (χ0v) is 18.9. The van der Waals surface area contributed by atoms with Crippen molar-refractivity contribution in [2.45, 2.75) is 103 Å².